The highest BCUT2D eigenvalue weighted by Crippen LogP contribution is 2.18. The first-order chi connectivity index (χ1) is 63.6. The van der Waals surface area contributed by atoms with Crippen LogP contribution in [0.5, 0.6) is 0 Å². The standard InChI is InChI=1S/C8H18O5.C6H14O3.C6H14O2.C5H12O4.C4H10O2.11C4H6O2.4C3H4O2.2C2H6O2/c9-1-3-11-5-7-13-8-6-12-4-2-10;1-2-6(3-7,4-8)5-9;7-5-3-1-2-4-6-8;6-1-5(2-7,3-8)4-9;1-4(6)2-3-5;11*1-3(2)4(5)6;4*1-2-3(4)5;2*3-1-2-4/h9-10H,1-8H2;7-9H,2-5H2,1H3;7-8H,1-6H2;6-9H,1-4H2;4-6H,2-3H2,1H3;11*1H2,2H3,(H,5,6);4*2H,1H2,(H,4,5);2*3-4H,1-2H2. The third-order valence-electron chi connectivity index (χ3n) is 10.8. The molecule has 0 rings (SSSR count). The number of ether oxygens (including phenoxy) is 3. The molecule has 0 aliphatic carbocycles. The molecule has 0 spiro atoms. The van der Waals surface area contributed by atoms with Crippen molar-refractivity contribution in [2.75, 3.05) is 145 Å². The van der Waals surface area contributed by atoms with Gasteiger partial charge in [-0.25, -0.2) is 71.9 Å². The number of carboxylic acids is 15. The topological polar surface area (TPSA) is 931 Å². The summed E-state index contributed by atoms with van der Waals surface area (Å²) >= 11 is 0. The lowest BCUT2D eigenvalue weighted by atomic mass is 9.88. The summed E-state index contributed by atoms with van der Waals surface area (Å²) < 4.78 is 15.0. The number of unbranched alkanes of at least 4 members (excludes halogenated alkanes) is 3. The predicted molar refractivity (Wildman–Crippen MR) is 514 cm³/mol. The molecule has 1 unspecified atom stereocenters. The number of aliphatic hydroxyl groups excluding tert-OH is 17. The molecule has 0 heterocycles. The minimum absolute atomic E-state index is 0.0413. The Balaban J connectivity index is -0.0000000519. The average Bonchev–Trinajstić information content (AvgIpc) is 0.917. The van der Waals surface area contributed by atoms with Crippen molar-refractivity contribution in [2.24, 2.45) is 10.8 Å². The van der Waals surface area contributed by atoms with Crippen molar-refractivity contribution in [2.45, 2.75) is 135 Å². The Kier molecular flexibility index (Phi) is 191. The first-order valence-corrected chi connectivity index (χ1v) is 38.9. The first-order valence-electron chi connectivity index (χ1n) is 38.9. The molecule has 139 heavy (non-hydrogen) atoms. The smallest absolute Gasteiger partial charge is 0.330 e. The van der Waals surface area contributed by atoms with E-state index in [4.69, 9.17) is 178 Å². The Hall–Kier alpha value is -12.6. The van der Waals surface area contributed by atoms with Crippen molar-refractivity contribution in [3.8, 4) is 0 Å². The van der Waals surface area contributed by atoms with Crippen LogP contribution in [0, 0.1) is 10.8 Å². The van der Waals surface area contributed by atoms with Gasteiger partial charge in [-0.1, -0.05) is 118 Å². The molecule has 50 nitrogen and oxygen atoms in total. The van der Waals surface area contributed by atoms with Gasteiger partial charge in [0, 0.05) is 111 Å². The van der Waals surface area contributed by atoms with E-state index in [2.05, 4.69) is 98.7 Å². The van der Waals surface area contributed by atoms with Crippen LogP contribution >= 0.6 is 0 Å². The maximum absolute atomic E-state index is 9.60. The largest absolute Gasteiger partial charge is 0.478 e. The van der Waals surface area contributed by atoms with Crippen LogP contribution in [0.2, 0.25) is 0 Å². The summed E-state index contributed by atoms with van der Waals surface area (Å²) in [6, 6.07) is 0. The lowest BCUT2D eigenvalue weighted by Gasteiger charge is -2.24. The van der Waals surface area contributed by atoms with E-state index in [-0.39, 0.29) is 147 Å². The lowest BCUT2D eigenvalue weighted by molar-refractivity contribution is -0.133. The average molecular weight is 2030 g/mol. The Morgan fingerprint density at radius 1 is 0.230 bits per heavy atom. The van der Waals surface area contributed by atoms with Gasteiger partial charge in [-0.15, -0.1) is 0 Å². The molecule has 0 fully saturated rings. The summed E-state index contributed by atoms with van der Waals surface area (Å²) in [6.07, 6.45) is 7.89. The van der Waals surface area contributed by atoms with Crippen LogP contribution < -0.4 is 0 Å². The monoisotopic (exact) mass is 2030 g/mol. The second kappa shape index (κ2) is 146. The van der Waals surface area contributed by atoms with E-state index < -0.39 is 127 Å². The highest BCUT2D eigenvalue weighted by molar-refractivity contribution is 5.88. The van der Waals surface area contributed by atoms with Gasteiger partial charge in [0.2, 0.25) is 0 Å². The lowest BCUT2D eigenvalue weighted by Crippen LogP contribution is -2.37. The summed E-state index contributed by atoms with van der Waals surface area (Å²) in [5, 5.41) is 257. The maximum Gasteiger partial charge on any atom is 0.330 e. The molecule has 0 amide bonds. The Morgan fingerprint density at radius 3 is 0.396 bits per heavy atom. The van der Waals surface area contributed by atoms with E-state index >= 15 is 0 Å². The molecule has 50 heteroatoms. The summed E-state index contributed by atoms with van der Waals surface area (Å²) in [4.78, 5) is 143. The summed E-state index contributed by atoms with van der Waals surface area (Å²) in [5.41, 5.74) is 0.157. The molecule has 0 bridgehead atoms. The minimum Gasteiger partial charge on any atom is -0.478 e. The SMILES string of the molecule is C=C(C)C(=O)O.C=C(C)C(=O)O.C=C(C)C(=O)O.C=C(C)C(=O)O.C=C(C)C(=O)O.C=C(C)C(=O)O.C=C(C)C(=O)O.C=C(C)C(=O)O.C=C(C)C(=O)O.C=C(C)C(=O)O.C=C(C)C(=O)O.C=CC(=O)O.C=CC(=O)O.C=CC(=O)O.C=CC(=O)O.CC(O)CCO.CCC(CO)(CO)CO.OCC(CO)(CO)CO.OCCCCCCO.OCCO.OCCO.OCCOCCOCCOCCO. The first kappa shape index (κ1) is 182. The van der Waals surface area contributed by atoms with Crippen molar-refractivity contribution in [1.82, 2.24) is 0 Å². The maximum atomic E-state index is 9.60. The zero-order valence-corrected chi connectivity index (χ0v) is 82.0. The van der Waals surface area contributed by atoms with Gasteiger partial charge in [0.25, 0.3) is 0 Å². The predicted octanol–water partition coefficient (Wildman–Crippen LogP) is 2.69. The molecule has 0 aromatic heterocycles. The van der Waals surface area contributed by atoms with E-state index in [0.717, 1.165) is 50.0 Å². The van der Waals surface area contributed by atoms with Gasteiger partial charge in [-0.3, -0.25) is 0 Å². The van der Waals surface area contributed by atoms with Crippen molar-refractivity contribution in [1.29, 1.82) is 0 Å². The van der Waals surface area contributed by atoms with Gasteiger partial charge in [-0.05, 0) is 109 Å². The number of rotatable bonds is 42. The van der Waals surface area contributed by atoms with Crippen molar-refractivity contribution in [3.05, 3.63) is 184 Å². The number of aliphatic carboxylic acids is 15. The van der Waals surface area contributed by atoms with Crippen molar-refractivity contribution in [3.63, 3.8) is 0 Å². The number of aliphatic hydroxyl groups is 17. The van der Waals surface area contributed by atoms with Crippen LogP contribution in [0.3, 0.4) is 0 Å². The summed E-state index contributed by atoms with van der Waals surface area (Å²) in [7, 11) is 0. The van der Waals surface area contributed by atoms with Crippen LogP contribution in [0.4, 0.5) is 0 Å². The molecule has 0 aromatic carbocycles. The van der Waals surface area contributed by atoms with Crippen LogP contribution in [0.15, 0.2) is 184 Å². The zero-order chi connectivity index (χ0) is 116. The Labute approximate surface area is 811 Å². The van der Waals surface area contributed by atoms with Gasteiger partial charge in [0.05, 0.1) is 137 Å². The quantitative estimate of drug-likeness (QED) is 0.0308. The Bertz CT molecular complexity index is 2580. The summed E-state index contributed by atoms with van der Waals surface area (Å²) in [6.45, 7) is 66.8. The fraction of sp³-hybridized carbons (Fsp3) is 0.494. The van der Waals surface area contributed by atoms with E-state index in [9.17, 15) is 71.9 Å². The molecular formula is C89H162O50. The normalized spacial score (nSPS) is 8.65. The molecule has 1 atom stereocenters. The van der Waals surface area contributed by atoms with Crippen LogP contribution in [0.25, 0.3) is 0 Å². The highest BCUT2D eigenvalue weighted by atomic mass is 16.5. The molecule has 32 N–H and O–H groups in total. The van der Waals surface area contributed by atoms with E-state index in [1.165, 1.54) is 76.2 Å². The third kappa shape index (κ3) is 275. The Morgan fingerprint density at radius 2 is 0.353 bits per heavy atom. The van der Waals surface area contributed by atoms with E-state index in [0.29, 0.717) is 52.5 Å². The second-order valence-corrected chi connectivity index (χ2v) is 25.0. The van der Waals surface area contributed by atoms with Crippen molar-refractivity contribution < 1.29 is 250 Å². The minimum atomic E-state index is -1.11. The van der Waals surface area contributed by atoms with Gasteiger partial charge in [0.15, 0.2) is 0 Å². The van der Waals surface area contributed by atoms with Gasteiger partial charge >= 0.3 is 89.5 Å². The van der Waals surface area contributed by atoms with Gasteiger partial charge < -0.3 is 178 Å². The molecule has 0 aromatic rings. The molecule has 0 aliphatic rings. The van der Waals surface area contributed by atoms with Crippen molar-refractivity contribution >= 4 is 89.5 Å². The molecule has 0 radical (unpaired) electrons. The van der Waals surface area contributed by atoms with Crippen LogP contribution in [0.1, 0.15) is 129 Å². The molecule has 0 saturated heterocycles. The molecule has 0 saturated carbocycles. The number of carboxylic acid groups (broad SMARTS) is 15. The third-order valence-corrected chi connectivity index (χ3v) is 10.8. The van der Waals surface area contributed by atoms with Gasteiger partial charge in [-0.2, -0.15) is 0 Å². The fourth-order valence-corrected chi connectivity index (χ4v) is 2.22. The van der Waals surface area contributed by atoms with Crippen LogP contribution in [-0.4, -0.2) is 404 Å². The van der Waals surface area contributed by atoms with Gasteiger partial charge in [0.1, 0.15) is 0 Å². The molecular weight excluding hydrogens is 1870 g/mol. The number of carbonyl (C=O) groups is 15. The van der Waals surface area contributed by atoms with E-state index in [1.807, 2.05) is 6.92 Å². The molecule has 818 valence electrons. The fourth-order valence-electron chi connectivity index (χ4n) is 2.22. The van der Waals surface area contributed by atoms with E-state index in [1.54, 1.807) is 6.92 Å². The number of hydrogen-bond donors (Lipinski definition) is 32. The zero-order valence-electron chi connectivity index (χ0n) is 82.0. The second-order valence-electron chi connectivity index (χ2n) is 25.0. The van der Waals surface area contributed by atoms with Crippen LogP contribution in [-0.2, 0) is 86.1 Å². The summed E-state index contributed by atoms with van der Waals surface area (Å²) in [5.74, 6) is -14.2. The number of hydrogen-bond acceptors (Lipinski definition) is 35. The highest BCUT2D eigenvalue weighted by Gasteiger charge is 2.27. The molecule has 0 aliphatic heterocycles.